The second-order valence-corrected chi connectivity index (χ2v) is 3.95. The Bertz CT molecular complexity index is 88.6. The summed E-state index contributed by atoms with van der Waals surface area (Å²) in [6.45, 7) is 0. The third kappa shape index (κ3) is 0.604. The van der Waals surface area contributed by atoms with Gasteiger partial charge < -0.3 is 0 Å². The fraction of sp³-hybridized carbons (Fsp3) is 1.00. The van der Waals surface area contributed by atoms with Gasteiger partial charge in [-0.3, -0.25) is 0 Å². The summed E-state index contributed by atoms with van der Waals surface area (Å²) in [6, 6.07) is 0. The van der Waals surface area contributed by atoms with Crippen molar-refractivity contribution in [3.8, 4) is 0 Å². The molecule has 0 aromatic rings. The summed E-state index contributed by atoms with van der Waals surface area (Å²) in [5, 5.41) is 0.757. The molecule has 2 aliphatic rings. The minimum Gasteiger partial charge on any atom is -0.176 e. The number of rotatable bonds is 0. The van der Waals surface area contributed by atoms with E-state index in [2.05, 4.69) is 12.6 Å². The lowest BCUT2D eigenvalue weighted by atomic mass is 9.77. The molecule has 0 aromatic heterocycles. The molecule has 0 bridgehead atoms. The summed E-state index contributed by atoms with van der Waals surface area (Å²) in [6.07, 6.45) is 5.82. The average Bonchev–Trinajstić information content (AvgIpc) is 1.91. The SMILES string of the molecule is SC1CC2CCC2C1. The lowest BCUT2D eigenvalue weighted by Crippen LogP contribution is -2.18. The van der Waals surface area contributed by atoms with Gasteiger partial charge in [0, 0.05) is 5.25 Å². The minimum absolute atomic E-state index is 0.757. The quantitative estimate of drug-likeness (QED) is 0.475. The van der Waals surface area contributed by atoms with Gasteiger partial charge in [0.05, 0.1) is 0 Å². The highest BCUT2D eigenvalue weighted by Gasteiger charge is 2.38. The molecule has 0 heterocycles. The van der Waals surface area contributed by atoms with E-state index < -0.39 is 0 Å². The summed E-state index contributed by atoms with van der Waals surface area (Å²) in [4.78, 5) is 0. The standard InChI is InChI=1S/C7H12S/c8-7-3-5-1-2-6(5)4-7/h5-8H,1-4H2. The third-order valence-electron chi connectivity index (χ3n) is 2.72. The Balaban J connectivity index is 2.00. The highest BCUT2D eigenvalue weighted by atomic mass is 32.1. The van der Waals surface area contributed by atoms with Crippen LogP contribution in [0.5, 0.6) is 0 Å². The average molecular weight is 128 g/mol. The largest absolute Gasteiger partial charge is 0.176 e. The molecule has 0 amide bonds. The molecular formula is C7H12S. The molecule has 2 aliphatic carbocycles. The maximum absolute atomic E-state index is 4.45. The fourth-order valence-corrected chi connectivity index (χ4v) is 2.60. The molecule has 0 saturated heterocycles. The van der Waals surface area contributed by atoms with Crippen LogP contribution >= 0.6 is 12.6 Å². The van der Waals surface area contributed by atoms with E-state index in [9.17, 15) is 0 Å². The van der Waals surface area contributed by atoms with E-state index in [0.29, 0.717) is 0 Å². The van der Waals surface area contributed by atoms with Crippen LogP contribution in [0.1, 0.15) is 25.7 Å². The summed E-state index contributed by atoms with van der Waals surface area (Å²) in [5.74, 6) is 2.19. The van der Waals surface area contributed by atoms with Gasteiger partial charge in [-0.1, -0.05) is 0 Å². The van der Waals surface area contributed by atoms with Crippen molar-refractivity contribution in [2.75, 3.05) is 0 Å². The Hall–Kier alpha value is 0.350. The normalized spacial score (nSPS) is 52.9. The number of hydrogen-bond acceptors (Lipinski definition) is 1. The van der Waals surface area contributed by atoms with Crippen LogP contribution in [0.3, 0.4) is 0 Å². The van der Waals surface area contributed by atoms with Crippen molar-refractivity contribution in [2.24, 2.45) is 11.8 Å². The predicted octanol–water partition coefficient (Wildman–Crippen LogP) is 2.10. The molecule has 2 saturated carbocycles. The first-order valence-corrected chi connectivity index (χ1v) is 4.06. The number of thiol groups is 1. The van der Waals surface area contributed by atoms with Crippen LogP contribution in [0.15, 0.2) is 0 Å². The van der Waals surface area contributed by atoms with Crippen molar-refractivity contribution < 1.29 is 0 Å². The molecule has 0 nitrogen and oxygen atoms in total. The summed E-state index contributed by atoms with van der Waals surface area (Å²) >= 11 is 4.45. The second kappa shape index (κ2) is 1.66. The molecule has 1 heteroatoms. The lowest BCUT2D eigenvalue weighted by molar-refractivity contribution is 0.219. The van der Waals surface area contributed by atoms with Crippen LogP contribution in [0.25, 0.3) is 0 Å². The van der Waals surface area contributed by atoms with E-state index in [0.717, 1.165) is 17.1 Å². The van der Waals surface area contributed by atoms with Crippen LogP contribution in [0.4, 0.5) is 0 Å². The van der Waals surface area contributed by atoms with Crippen molar-refractivity contribution >= 4 is 12.6 Å². The van der Waals surface area contributed by atoms with E-state index in [1.807, 2.05) is 0 Å². The molecule has 0 aliphatic heterocycles. The molecule has 2 unspecified atom stereocenters. The second-order valence-electron chi connectivity index (χ2n) is 3.22. The zero-order valence-electron chi connectivity index (χ0n) is 5.01. The summed E-state index contributed by atoms with van der Waals surface area (Å²) in [5.41, 5.74) is 0. The van der Waals surface area contributed by atoms with Crippen LogP contribution in [0, 0.1) is 11.8 Å². The molecule has 0 spiro atoms. The molecule has 8 heavy (non-hydrogen) atoms. The molecule has 0 radical (unpaired) electrons. The Morgan fingerprint density at radius 3 is 1.75 bits per heavy atom. The topological polar surface area (TPSA) is 0 Å². The first-order chi connectivity index (χ1) is 3.86. The number of hydrogen-bond donors (Lipinski definition) is 1. The molecule has 46 valence electrons. The van der Waals surface area contributed by atoms with E-state index in [4.69, 9.17) is 0 Å². The highest BCUT2D eigenvalue weighted by molar-refractivity contribution is 7.80. The van der Waals surface area contributed by atoms with Gasteiger partial charge in [-0.15, -0.1) is 0 Å². The van der Waals surface area contributed by atoms with Crippen LogP contribution in [-0.2, 0) is 0 Å². The molecule has 2 rings (SSSR count). The van der Waals surface area contributed by atoms with Gasteiger partial charge in [0.2, 0.25) is 0 Å². The Morgan fingerprint density at radius 1 is 1.00 bits per heavy atom. The summed E-state index contributed by atoms with van der Waals surface area (Å²) < 4.78 is 0. The van der Waals surface area contributed by atoms with Gasteiger partial charge in [-0.25, -0.2) is 0 Å². The molecule has 2 atom stereocenters. The van der Waals surface area contributed by atoms with E-state index in [-0.39, 0.29) is 0 Å². The Morgan fingerprint density at radius 2 is 1.50 bits per heavy atom. The van der Waals surface area contributed by atoms with Gasteiger partial charge in [-0.05, 0) is 37.5 Å². The van der Waals surface area contributed by atoms with Gasteiger partial charge in [-0.2, -0.15) is 12.6 Å². The third-order valence-corrected chi connectivity index (χ3v) is 3.15. The van der Waals surface area contributed by atoms with Crippen molar-refractivity contribution in [1.29, 1.82) is 0 Å². The van der Waals surface area contributed by atoms with Crippen molar-refractivity contribution in [3.05, 3.63) is 0 Å². The monoisotopic (exact) mass is 128 g/mol. The summed E-state index contributed by atoms with van der Waals surface area (Å²) in [7, 11) is 0. The highest BCUT2D eigenvalue weighted by Crippen LogP contribution is 2.48. The smallest absolute Gasteiger partial charge is 0.00222 e. The van der Waals surface area contributed by atoms with Crippen LogP contribution in [-0.4, -0.2) is 5.25 Å². The fourth-order valence-electron chi connectivity index (χ4n) is 2.05. The van der Waals surface area contributed by atoms with Crippen molar-refractivity contribution in [2.45, 2.75) is 30.9 Å². The Kier molecular flexibility index (Phi) is 1.07. The predicted molar refractivity (Wildman–Crippen MR) is 38.2 cm³/mol. The maximum atomic E-state index is 4.45. The van der Waals surface area contributed by atoms with Crippen molar-refractivity contribution in [3.63, 3.8) is 0 Å². The Labute approximate surface area is 56.1 Å². The molecule has 2 fully saturated rings. The van der Waals surface area contributed by atoms with E-state index >= 15 is 0 Å². The van der Waals surface area contributed by atoms with Crippen LogP contribution < -0.4 is 0 Å². The molecule has 0 N–H and O–H groups in total. The molecule has 0 aromatic carbocycles. The minimum atomic E-state index is 0.757. The van der Waals surface area contributed by atoms with Crippen LogP contribution in [0.2, 0.25) is 0 Å². The number of fused-ring (bicyclic) bond motifs is 1. The molecular weight excluding hydrogens is 116 g/mol. The zero-order chi connectivity index (χ0) is 5.56. The van der Waals surface area contributed by atoms with Gasteiger partial charge >= 0.3 is 0 Å². The first kappa shape index (κ1) is 5.16. The lowest BCUT2D eigenvalue weighted by Gasteiger charge is -2.29. The van der Waals surface area contributed by atoms with Gasteiger partial charge in [0.25, 0.3) is 0 Å². The van der Waals surface area contributed by atoms with E-state index in [1.54, 1.807) is 0 Å². The maximum Gasteiger partial charge on any atom is 0.00222 e. The first-order valence-electron chi connectivity index (χ1n) is 3.54. The van der Waals surface area contributed by atoms with Gasteiger partial charge in [0.1, 0.15) is 0 Å². The van der Waals surface area contributed by atoms with Crippen molar-refractivity contribution in [1.82, 2.24) is 0 Å². The van der Waals surface area contributed by atoms with E-state index in [1.165, 1.54) is 25.7 Å². The zero-order valence-corrected chi connectivity index (χ0v) is 5.90. The van der Waals surface area contributed by atoms with Gasteiger partial charge in [0.15, 0.2) is 0 Å².